The third kappa shape index (κ3) is 1.38. The van der Waals surface area contributed by atoms with Gasteiger partial charge in [-0.15, -0.1) is 0 Å². The number of nitrogens with two attached hydrogens (primary N) is 1. The number of nitrogens with one attached hydrogen (secondary N) is 1. The first-order chi connectivity index (χ1) is 6.70. The van der Waals surface area contributed by atoms with Gasteiger partial charge in [0.05, 0.1) is 18.5 Å². The quantitative estimate of drug-likeness (QED) is 0.630. The second-order valence-corrected chi connectivity index (χ2v) is 3.06. The molecule has 3 N–H and O–H groups in total. The van der Waals surface area contributed by atoms with E-state index in [-0.39, 0.29) is 12.5 Å². The molecule has 0 bridgehead atoms. The van der Waals surface area contributed by atoms with Gasteiger partial charge >= 0.3 is 0 Å². The zero-order chi connectivity index (χ0) is 10.1. The predicted octanol–water partition coefficient (Wildman–Crippen LogP) is 0.327. The van der Waals surface area contributed by atoms with Gasteiger partial charge in [0, 0.05) is 6.07 Å². The lowest BCUT2D eigenvalue weighted by molar-refractivity contribution is -0.115. The summed E-state index contributed by atoms with van der Waals surface area (Å²) >= 11 is 0. The molecule has 1 aliphatic rings. The van der Waals surface area contributed by atoms with E-state index in [2.05, 4.69) is 5.32 Å². The normalized spacial score (nSPS) is 14.7. The Hall–Kier alpha value is -1.75. The summed E-state index contributed by atoms with van der Waals surface area (Å²) in [6, 6.07) is 5.36. The van der Waals surface area contributed by atoms with Gasteiger partial charge in [0.25, 0.3) is 0 Å². The summed E-state index contributed by atoms with van der Waals surface area (Å²) in [5, 5.41) is 4.13. The van der Waals surface area contributed by atoms with Crippen molar-refractivity contribution in [3.63, 3.8) is 0 Å². The number of amides is 1. The van der Waals surface area contributed by atoms with E-state index < -0.39 is 0 Å². The molecule has 0 radical (unpaired) electrons. The maximum absolute atomic E-state index is 11.2. The average Bonchev–Trinajstić information content (AvgIpc) is 2.16. The molecule has 0 fully saturated rings. The van der Waals surface area contributed by atoms with Gasteiger partial charge in [-0.3, -0.25) is 9.80 Å². The monoisotopic (exact) mass is 193 g/mol. The first-order valence-corrected chi connectivity index (χ1v) is 4.21. The number of carbonyl (C=O) groups is 1. The number of carbonyl (C=O) groups excluding carboxylic acids is 1. The van der Waals surface area contributed by atoms with E-state index in [4.69, 9.17) is 10.6 Å². The van der Waals surface area contributed by atoms with Gasteiger partial charge in [-0.1, -0.05) is 0 Å². The molecule has 5 heteroatoms. The Labute approximate surface area is 81.4 Å². The number of hydrogen-bond donors (Lipinski definition) is 2. The van der Waals surface area contributed by atoms with E-state index in [1.165, 1.54) is 5.01 Å². The number of hydrazine groups is 1. The van der Waals surface area contributed by atoms with Crippen LogP contribution in [0.4, 0.5) is 11.4 Å². The molecular formula is C9H11N3O2. The fraction of sp³-hybridized carbons (Fsp3) is 0.222. The molecule has 0 aliphatic carbocycles. The first kappa shape index (κ1) is 8.83. The number of nitrogens with zero attached hydrogens (tertiary/aromatic N) is 1. The third-order valence-corrected chi connectivity index (χ3v) is 2.10. The molecule has 5 nitrogen and oxygen atoms in total. The zero-order valence-corrected chi connectivity index (χ0v) is 7.78. The Kier molecular flexibility index (Phi) is 2.01. The molecular weight excluding hydrogens is 182 g/mol. The van der Waals surface area contributed by atoms with Crippen molar-refractivity contribution in [2.75, 3.05) is 24.0 Å². The van der Waals surface area contributed by atoms with Crippen LogP contribution in [0.25, 0.3) is 0 Å². The highest BCUT2D eigenvalue weighted by molar-refractivity contribution is 6.01. The van der Waals surface area contributed by atoms with Gasteiger partial charge in [0.2, 0.25) is 5.91 Å². The molecule has 0 saturated heterocycles. The molecule has 0 aromatic heterocycles. The van der Waals surface area contributed by atoms with Crippen molar-refractivity contribution in [3.8, 4) is 5.75 Å². The van der Waals surface area contributed by atoms with Crippen LogP contribution < -0.4 is 20.9 Å². The zero-order valence-electron chi connectivity index (χ0n) is 7.78. The number of fused-ring (bicyclic) bond motifs is 1. The number of rotatable bonds is 1. The van der Waals surface area contributed by atoms with Crippen LogP contribution in [0.5, 0.6) is 5.75 Å². The van der Waals surface area contributed by atoms with Crippen molar-refractivity contribution < 1.29 is 9.53 Å². The van der Waals surface area contributed by atoms with Crippen LogP contribution in [0, 0.1) is 0 Å². The van der Waals surface area contributed by atoms with Crippen molar-refractivity contribution in [2.45, 2.75) is 0 Å². The molecule has 14 heavy (non-hydrogen) atoms. The number of ether oxygens (including phenoxy) is 1. The Balaban J connectivity index is 2.43. The van der Waals surface area contributed by atoms with Crippen molar-refractivity contribution in [1.82, 2.24) is 0 Å². The summed E-state index contributed by atoms with van der Waals surface area (Å²) in [5.41, 5.74) is 1.48. The van der Waals surface area contributed by atoms with Crippen LogP contribution in [-0.4, -0.2) is 19.6 Å². The maximum atomic E-state index is 11.2. The molecule has 1 aliphatic heterocycles. The van der Waals surface area contributed by atoms with Gasteiger partial charge in [0.1, 0.15) is 12.3 Å². The maximum Gasteiger partial charge on any atom is 0.245 e. The number of benzene rings is 1. The fourth-order valence-electron chi connectivity index (χ4n) is 1.42. The van der Waals surface area contributed by atoms with E-state index in [0.29, 0.717) is 11.4 Å². The SMILES string of the molecule is COc1ccc2c(c1)NC(=O)CN2N. The van der Waals surface area contributed by atoms with Crippen molar-refractivity contribution in [1.29, 1.82) is 0 Å². The van der Waals surface area contributed by atoms with Gasteiger partial charge in [-0.2, -0.15) is 0 Å². The van der Waals surface area contributed by atoms with Gasteiger partial charge in [-0.25, -0.2) is 5.84 Å². The largest absolute Gasteiger partial charge is 0.497 e. The number of hydrogen-bond acceptors (Lipinski definition) is 4. The Morgan fingerprint density at radius 3 is 3.07 bits per heavy atom. The summed E-state index contributed by atoms with van der Waals surface area (Å²) < 4.78 is 5.04. The molecule has 0 unspecified atom stereocenters. The van der Waals surface area contributed by atoms with Gasteiger partial charge in [0.15, 0.2) is 0 Å². The summed E-state index contributed by atoms with van der Waals surface area (Å²) in [4.78, 5) is 11.2. The molecule has 1 aromatic rings. The van der Waals surface area contributed by atoms with Crippen LogP contribution in [0.15, 0.2) is 18.2 Å². The lowest BCUT2D eigenvalue weighted by Crippen LogP contribution is -2.42. The predicted molar refractivity (Wildman–Crippen MR) is 53.2 cm³/mol. The van der Waals surface area contributed by atoms with Crippen LogP contribution >= 0.6 is 0 Å². The van der Waals surface area contributed by atoms with Crippen LogP contribution in [0.1, 0.15) is 0 Å². The van der Waals surface area contributed by atoms with E-state index in [1.54, 1.807) is 19.2 Å². The minimum atomic E-state index is -0.117. The Morgan fingerprint density at radius 2 is 2.36 bits per heavy atom. The minimum Gasteiger partial charge on any atom is -0.497 e. The summed E-state index contributed by atoms with van der Waals surface area (Å²) in [5.74, 6) is 6.24. The number of anilines is 2. The second kappa shape index (κ2) is 3.19. The highest BCUT2D eigenvalue weighted by Gasteiger charge is 2.19. The lowest BCUT2D eigenvalue weighted by atomic mass is 10.2. The molecule has 0 saturated carbocycles. The smallest absolute Gasteiger partial charge is 0.245 e. The highest BCUT2D eigenvalue weighted by atomic mass is 16.5. The molecule has 0 atom stereocenters. The molecule has 0 spiro atoms. The Morgan fingerprint density at radius 1 is 1.57 bits per heavy atom. The molecule has 74 valence electrons. The first-order valence-electron chi connectivity index (χ1n) is 4.21. The highest BCUT2D eigenvalue weighted by Crippen LogP contribution is 2.30. The van der Waals surface area contributed by atoms with Crippen LogP contribution in [0.3, 0.4) is 0 Å². The van der Waals surface area contributed by atoms with Crippen LogP contribution in [0.2, 0.25) is 0 Å². The topological polar surface area (TPSA) is 67.6 Å². The molecule has 1 heterocycles. The Bertz CT molecular complexity index is 378. The van der Waals surface area contributed by atoms with Crippen molar-refractivity contribution in [3.05, 3.63) is 18.2 Å². The van der Waals surface area contributed by atoms with E-state index in [9.17, 15) is 4.79 Å². The lowest BCUT2D eigenvalue weighted by Gasteiger charge is -2.26. The molecule has 1 aromatic carbocycles. The van der Waals surface area contributed by atoms with E-state index in [1.807, 2.05) is 6.07 Å². The van der Waals surface area contributed by atoms with Crippen molar-refractivity contribution >= 4 is 17.3 Å². The standard InChI is InChI=1S/C9H11N3O2/c1-14-6-2-3-8-7(4-6)11-9(13)5-12(8)10/h2-4H,5,10H2,1H3,(H,11,13). The van der Waals surface area contributed by atoms with Gasteiger partial charge < -0.3 is 10.1 Å². The van der Waals surface area contributed by atoms with Crippen molar-refractivity contribution in [2.24, 2.45) is 5.84 Å². The van der Waals surface area contributed by atoms with E-state index in [0.717, 1.165) is 5.69 Å². The number of methoxy groups -OCH3 is 1. The van der Waals surface area contributed by atoms with Gasteiger partial charge in [-0.05, 0) is 12.1 Å². The minimum absolute atomic E-state index is 0.117. The average molecular weight is 193 g/mol. The molecule has 1 amide bonds. The van der Waals surface area contributed by atoms with Crippen LogP contribution in [-0.2, 0) is 4.79 Å². The fourth-order valence-corrected chi connectivity index (χ4v) is 1.42. The summed E-state index contributed by atoms with van der Waals surface area (Å²) in [6.07, 6.45) is 0. The summed E-state index contributed by atoms with van der Waals surface area (Å²) in [7, 11) is 1.58. The van der Waals surface area contributed by atoms with E-state index >= 15 is 0 Å². The third-order valence-electron chi connectivity index (χ3n) is 2.10. The summed E-state index contributed by atoms with van der Waals surface area (Å²) in [6.45, 7) is 0.180. The second-order valence-electron chi connectivity index (χ2n) is 3.06. The molecule has 2 rings (SSSR count).